The maximum absolute atomic E-state index is 3.74. The highest BCUT2D eigenvalue weighted by Gasteiger charge is 2.25. The third-order valence-corrected chi connectivity index (χ3v) is 4.44. The minimum absolute atomic E-state index is 0.641. The Bertz CT molecular complexity index is 214. The average molecular weight is 239 g/mol. The van der Waals surface area contributed by atoms with Crippen molar-refractivity contribution in [3.8, 4) is 0 Å². The number of hydrogen-bond donors (Lipinski definition) is 1. The molecule has 0 aromatic heterocycles. The molecule has 2 aliphatic rings. The summed E-state index contributed by atoms with van der Waals surface area (Å²) >= 11 is 0. The molecule has 3 nitrogen and oxygen atoms in total. The van der Waals surface area contributed by atoms with Crippen LogP contribution in [0.3, 0.4) is 0 Å². The molecular weight excluding hydrogens is 210 g/mol. The molecule has 0 aliphatic carbocycles. The van der Waals surface area contributed by atoms with Crippen molar-refractivity contribution < 1.29 is 0 Å². The van der Waals surface area contributed by atoms with Gasteiger partial charge in [-0.1, -0.05) is 13.3 Å². The second-order valence-electron chi connectivity index (χ2n) is 5.76. The Hall–Kier alpha value is -0.120. The van der Waals surface area contributed by atoms with Gasteiger partial charge in [-0.25, -0.2) is 5.01 Å². The normalized spacial score (nSPS) is 30.4. The molecule has 0 aromatic carbocycles. The standard InChI is InChI=1S/C14H29N3/c1-3-16-9-7-8-14(12-16)13(2)15-17-10-5-4-6-11-17/h13-15H,3-12H2,1-2H3. The van der Waals surface area contributed by atoms with Crippen molar-refractivity contribution >= 4 is 0 Å². The zero-order chi connectivity index (χ0) is 12.1. The molecule has 100 valence electrons. The van der Waals surface area contributed by atoms with Gasteiger partial charge < -0.3 is 4.90 Å². The van der Waals surface area contributed by atoms with Gasteiger partial charge in [-0.3, -0.25) is 5.43 Å². The first-order valence-corrected chi connectivity index (χ1v) is 7.53. The fraction of sp³-hybridized carbons (Fsp3) is 1.00. The molecule has 1 N–H and O–H groups in total. The Morgan fingerprint density at radius 2 is 1.88 bits per heavy atom. The first-order valence-electron chi connectivity index (χ1n) is 7.53. The van der Waals surface area contributed by atoms with Gasteiger partial charge in [0.2, 0.25) is 0 Å². The van der Waals surface area contributed by atoms with Gasteiger partial charge in [0.25, 0.3) is 0 Å². The molecule has 0 aromatic rings. The van der Waals surface area contributed by atoms with Crippen LogP contribution in [-0.2, 0) is 0 Å². The lowest BCUT2D eigenvalue weighted by Crippen LogP contribution is -2.51. The summed E-state index contributed by atoms with van der Waals surface area (Å²) in [5, 5.41) is 2.46. The molecule has 0 spiro atoms. The molecule has 2 fully saturated rings. The second-order valence-corrected chi connectivity index (χ2v) is 5.76. The van der Waals surface area contributed by atoms with E-state index in [1.807, 2.05) is 0 Å². The van der Waals surface area contributed by atoms with E-state index in [1.54, 1.807) is 0 Å². The van der Waals surface area contributed by atoms with Gasteiger partial charge in [0.15, 0.2) is 0 Å². The molecular formula is C14H29N3. The lowest BCUT2D eigenvalue weighted by Gasteiger charge is -2.38. The number of rotatable bonds is 4. The molecule has 2 heterocycles. The fourth-order valence-corrected chi connectivity index (χ4v) is 3.20. The van der Waals surface area contributed by atoms with E-state index in [-0.39, 0.29) is 0 Å². The summed E-state index contributed by atoms with van der Waals surface area (Å²) in [5.41, 5.74) is 3.74. The van der Waals surface area contributed by atoms with Crippen LogP contribution in [0.25, 0.3) is 0 Å². The van der Waals surface area contributed by atoms with Crippen LogP contribution in [0.4, 0.5) is 0 Å². The molecule has 0 bridgehead atoms. The molecule has 0 saturated carbocycles. The van der Waals surface area contributed by atoms with E-state index in [4.69, 9.17) is 0 Å². The smallest absolute Gasteiger partial charge is 0.0227 e. The van der Waals surface area contributed by atoms with Gasteiger partial charge in [0.05, 0.1) is 0 Å². The van der Waals surface area contributed by atoms with Gasteiger partial charge >= 0.3 is 0 Å². The number of likely N-dealkylation sites (tertiary alicyclic amines) is 1. The molecule has 2 rings (SSSR count). The molecule has 2 aliphatic heterocycles. The lowest BCUT2D eigenvalue weighted by molar-refractivity contribution is 0.0829. The van der Waals surface area contributed by atoms with Crippen molar-refractivity contribution in [3.05, 3.63) is 0 Å². The van der Waals surface area contributed by atoms with Crippen LogP contribution in [0, 0.1) is 5.92 Å². The Morgan fingerprint density at radius 3 is 2.59 bits per heavy atom. The van der Waals surface area contributed by atoms with Crippen LogP contribution in [-0.4, -0.2) is 48.7 Å². The van der Waals surface area contributed by atoms with E-state index in [9.17, 15) is 0 Å². The number of nitrogens with one attached hydrogen (secondary N) is 1. The number of nitrogens with zero attached hydrogens (tertiary/aromatic N) is 2. The second kappa shape index (κ2) is 6.72. The Kier molecular flexibility index (Phi) is 5.26. The summed E-state index contributed by atoms with van der Waals surface area (Å²) in [5.74, 6) is 0.839. The monoisotopic (exact) mass is 239 g/mol. The third kappa shape index (κ3) is 3.94. The summed E-state index contributed by atoms with van der Waals surface area (Å²) in [6.45, 7) is 11.0. The van der Waals surface area contributed by atoms with Crippen molar-refractivity contribution in [1.82, 2.24) is 15.3 Å². The van der Waals surface area contributed by atoms with E-state index in [0.717, 1.165) is 5.92 Å². The summed E-state index contributed by atoms with van der Waals surface area (Å²) in [6.07, 6.45) is 6.93. The summed E-state index contributed by atoms with van der Waals surface area (Å²) in [6, 6.07) is 0.641. The quantitative estimate of drug-likeness (QED) is 0.810. The number of hydrogen-bond acceptors (Lipinski definition) is 3. The van der Waals surface area contributed by atoms with Crippen LogP contribution in [0.1, 0.15) is 46.0 Å². The zero-order valence-electron chi connectivity index (χ0n) is 11.6. The largest absolute Gasteiger partial charge is 0.303 e. The third-order valence-electron chi connectivity index (χ3n) is 4.44. The predicted molar refractivity (Wildman–Crippen MR) is 72.9 cm³/mol. The lowest BCUT2D eigenvalue weighted by atomic mass is 9.92. The van der Waals surface area contributed by atoms with E-state index in [0.29, 0.717) is 6.04 Å². The minimum atomic E-state index is 0.641. The predicted octanol–water partition coefficient (Wildman–Crippen LogP) is 2.10. The summed E-state index contributed by atoms with van der Waals surface area (Å²) < 4.78 is 0. The number of hydrazine groups is 1. The van der Waals surface area contributed by atoms with E-state index < -0.39 is 0 Å². The van der Waals surface area contributed by atoms with Crippen LogP contribution in [0.15, 0.2) is 0 Å². The minimum Gasteiger partial charge on any atom is -0.303 e. The Labute approximate surface area is 107 Å². The van der Waals surface area contributed by atoms with Crippen LogP contribution in [0.5, 0.6) is 0 Å². The maximum Gasteiger partial charge on any atom is 0.0227 e. The molecule has 17 heavy (non-hydrogen) atoms. The zero-order valence-corrected chi connectivity index (χ0v) is 11.6. The Morgan fingerprint density at radius 1 is 1.12 bits per heavy atom. The average Bonchev–Trinajstić information content (AvgIpc) is 2.40. The highest BCUT2D eigenvalue weighted by Crippen LogP contribution is 2.20. The van der Waals surface area contributed by atoms with Crippen molar-refractivity contribution in [1.29, 1.82) is 0 Å². The van der Waals surface area contributed by atoms with E-state index in [2.05, 4.69) is 29.2 Å². The van der Waals surface area contributed by atoms with Crippen molar-refractivity contribution in [2.45, 2.75) is 52.0 Å². The molecule has 2 atom stereocenters. The van der Waals surface area contributed by atoms with Crippen LogP contribution < -0.4 is 5.43 Å². The summed E-state index contributed by atoms with van der Waals surface area (Å²) in [4.78, 5) is 2.60. The van der Waals surface area contributed by atoms with Gasteiger partial charge in [-0.05, 0) is 51.6 Å². The molecule has 2 unspecified atom stereocenters. The topological polar surface area (TPSA) is 18.5 Å². The highest BCUT2D eigenvalue weighted by atomic mass is 15.5. The van der Waals surface area contributed by atoms with Gasteiger partial charge in [0, 0.05) is 25.7 Å². The van der Waals surface area contributed by atoms with Crippen LogP contribution in [0.2, 0.25) is 0 Å². The van der Waals surface area contributed by atoms with E-state index in [1.165, 1.54) is 64.8 Å². The number of piperidine rings is 2. The SMILES string of the molecule is CCN1CCCC(C(C)NN2CCCCC2)C1. The first kappa shape index (κ1) is 13.3. The molecule has 3 heteroatoms. The molecule has 0 radical (unpaired) electrons. The first-order chi connectivity index (χ1) is 8.29. The van der Waals surface area contributed by atoms with Gasteiger partial charge in [-0.2, -0.15) is 0 Å². The molecule has 0 amide bonds. The Balaban J connectivity index is 1.75. The van der Waals surface area contributed by atoms with Crippen molar-refractivity contribution in [3.63, 3.8) is 0 Å². The van der Waals surface area contributed by atoms with Crippen molar-refractivity contribution in [2.75, 3.05) is 32.7 Å². The van der Waals surface area contributed by atoms with Crippen molar-refractivity contribution in [2.24, 2.45) is 5.92 Å². The molecule has 2 saturated heterocycles. The van der Waals surface area contributed by atoms with E-state index >= 15 is 0 Å². The van der Waals surface area contributed by atoms with Crippen LogP contribution >= 0.6 is 0 Å². The van der Waals surface area contributed by atoms with Gasteiger partial charge in [0.1, 0.15) is 0 Å². The maximum atomic E-state index is 3.74. The fourth-order valence-electron chi connectivity index (χ4n) is 3.20. The van der Waals surface area contributed by atoms with Gasteiger partial charge in [-0.15, -0.1) is 0 Å². The summed E-state index contributed by atoms with van der Waals surface area (Å²) in [7, 11) is 0. The highest BCUT2D eigenvalue weighted by molar-refractivity contribution is 4.80.